The maximum Gasteiger partial charge on any atom is 0.336 e. The van der Waals surface area contributed by atoms with Crippen LogP contribution in [0.5, 0.6) is 5.75 Å². The monoisotopic (exact) mass is 357 g/mol. The molecule has 26 heavy (non-hydrogen) atoms. The summed E-state index contributed by atoms with van der Waals surface area (Å²) in [6.45, 7) is 3.62. The molecular weight excluding hydrogens is 338 g/mol. The van der Waals surface area contributed by atoms with E-state index in [-0.39, 0.29) is 18.0 Å². The quantitative estimate of drug-likeness (QED) is 0.714. The van der Waals surface area contributed by atoms with Gasteiger partial charge in [-0.25, -0.2) is 9.59 Å². The van der Waals surface area contributed by atoms with Crippen LogP contribution in [-0.2, 0) is 9.53 Å². The predicted molar refractivity (Wildman–Crippen MR) is 95.5 cm³/mol. The molecule has 1 unspecified atom stereocenters. The van der Waals surface area contributed by atoms with Crippen LogP contribution in [0.15, 0.2) is 45.1 Å². The SMILES string of the molecule is CCOC(=O)C1=C(C)Nc2[nH]c(=O)[nH]c(=O)c2C1c1ccc(OC)cc1. The van der Waals surface area contributed by atoms with E-state index in [4.69, 9.17) is 9.47 Å². The molecule has 2 heterocycles. The van der Waals surface area contributed by atoms with Crippen LogP contribution in [0.1, 0.15) is 30.9 Å². The number of nitrogens with one attached hydrogen (secondary N) is 3. The highest BCUT2D eigenvalue weighted by Gasteiger charge is 2.35. The van der Waals surface area contributed by atoms with Gasteiger partial charge in [0.25, 0.3) is 5.56 Å². The minimum atomic E-state index is -0.684. The van der Waals surface area contributed by atoms with Gasteiger partial charge in [-0.05, 0) is 31.5 Å². The van der Waals surface area contributed by atoms with Crippen molar-refractivity contribution in [2.24, 2.45) is 0 Å². The Balaban J connectivity index is 2.25. The van der Waals surface area contributed by atoms with Crippen molar-refractivity contribution in [3.8, 4) is 5.75 Å². The van der Waals surface area contributed by atoms with Gasteiger partial charge in [0, 0.05) is 5.70 Å². The molecule has 2 aromatic rings. The van der Waals surface area contributed by atoms with Crippen molar-refractivity contribution < 1.29 is 14.3 Å². The lowest BCUT2D eigenvalue weighted by atomic mass is 9.82. The van der Waals surface area contributed by atoms with E-state index in [1.54, 1.807) is 45.2 Å². The maximum atomic E-state index is 12.6. The number of aromatic nitrogens is 2. The summed E-state index contributed by atoms with van der Waals surface area (Å²) in [5.41, 5.74) is 0.602. The first kappa shape index (κ1) is 17.5. The molecule has 1 aliphatic heterocycles. The molecule has 0 saturated heterocycles. The van der Waals surface area contributed by atoms with Gasteiger partial charge in [-0.15, -0.1) is 0 Å². The lowest BCUT2D eigenvalue weighted by Gasteiger charge is -2.28. The van der Waals surface area contributed by atoms with E-state index in [0.717, 1.165) is 0 Å². The number of fused-ring (bicyclic) bond motifs is 1. The van der Waals surface area contributed by atoms with Crippen LogP contribution in [0.2, 0.25) is 0 Å². The Morgan fingerprint density at radius 2 is 1.85 bits per heavy atom. The highest BCUT2D eigenvalue weighted by molar-refractivity contribution is 5.94. The smallest absolute Gasteiger partial charge is 0.336 e. The molecule has 1 aromatic heterocycles. The highest BCUT2D eigenvalue weighted by Crippen LogP contribution is 2.39. The van der Waals surface area contributed by atoms with Crippen molar-refractivity contribution in [2.45, 2.75) is 19.8 Å². The highest BCUT2D eigenvalue weighted by atomic mass is 16.5. The molecule has 3 N–H and O–H groups in total. The minimum Gasteiger partial charge on any atom is -0.497 e. The van der Waals surface area contributed by atoms with E-state index in [2.05, 4.69) is 15.3 Å². The number of esters is 1. The summed E-state index contributed by atoms with van der Waals surface area (Å²) in [6, 6.07) is 7.04. The Bertz CT molecular complexity index is 985. The predicted octanol–water partition coefficient (Wildman–Crippen LogP) is 1.47. The zero-order valence-corrected chi connectivity index (χ0v) is 14.6. The van der Waals surface area contributed by atoms with E-state index < -0.39 is 23.1 Å². The van der Waals surface area contributed by atoms with Gasteiger partial charge < -0.3 is 14.8 Å². The fourth-order valence-corrected chi connectivity index (χ4v) is 3.10. The number of H-pyrrole nitrogens is 2. The summed E-state index contributed by atoms with van der Waals surface area (Å²) >= 11 is 0. The normalized spacial score (nSPS) is 15.9. The molecule has 8 nitrogen and oxygen atoms in total. The Morgan fingerprint density at radius 3 is 2.46 bits per heavy atom. The number of carbonyl (C=O) groups is 1. The van der Waals surface area contributed by atoms with Crippen LogP contribution in [0, 0.1) is 0 Å². The number of ether oxygens (including phenoxy) is 2. The van der Waals surface area contributed by atoms with E-state index in [1.165, 1.54) is 0 Å². The third-order valence-electron chi connectivity index (χ3n) is 4.22. The molecule has 0 aliphatic carbocycles. The van der Waals surface area contributed by atoms with Crippen molar-refractivity contribution in [1.29, 1.82) is 0 Å². The lowest BCUT2D eigenvalue weighted by molar-refractivity contribution is -0.138. The molecule has 0 spiro atoms. The van der Waals surface area contributed by atoms with E-state index in [0.29, 0.717) is 22.6 Å². The molecule has 0 saturated carbocycles. The average molecular weight is 357 g/mol. The fraction of sp³-hybridized carbons (Fsp3) is 0.278. The number of methoxy groups -OCH3 is 1. The summed E-state index contributed by atoms with van der Waals surface area (Å²) in [6.07, 6.45) is 0. The molecule has 3 rings (SSSR count). The van der Waals surface area contributed by atoms with Crippen LogP contribution < -0.4 is 21.3 Å². The van der Waals surface area contributed by atoms with Crippen LogP contribution in [0.4, 0.5) is 5.82 Å². The Labute approximate surface area is 148 Å². The van der Waals surface area contributed by atoms with E-state index >= 15 is 0 Å². The molecule has 0 fully saturated rings. The number of hydrogen-bond acceptors (Lipinski definition) is 6. The molecule has 0 radical (unpaired) electrons. The number of benzene rings is 1. The number of rotatable bonds is 4. The molecule has 8 heteroatoms. The largest absolute Gasteiger partial charge is 0.497 e. The number of carbonyl (C=O) groups excluding carboxylic acids is 1. The van der Waals surface area contributed by atoms with Crippen molar-refractivity contribution >= 4 is 11.8 Å². The van der Waals surface area contributed by atoms with Crippen LogP contribution in [0.25, 0.3) is 0 Å². The van der Waals surface area contributed by atoms with Gasteiger partial charge in [0.2, 0.25) is 0 Å². The molecule has 0 amide bonds. The first-order valence-corrected chi connectivity index (χ1v) is 8.11. The van der Waals surface area contributed by atoms with Crippen molar-refractivity contribution in [3.63, 3.8) is 0 Å². The second-order valence-electron chi connectivity index (χ2n) is 5.79. The average Bonchev–Trinajstić information content (AvgIpc) is 2.60. The zero-order valence-electron chi connectivity index (χ0n) is 14.6. The molecular formula is C18H19N3O5. The third kappa shape index (κ3) is 3.01. The van der Waals surface area contributed by atoms with Crippen LogP contribution in [-0.4, -0.2) is 29.7 Å². The third-order valence-corrected chi connectivity index (χ3v) is 4.22. The minimum absolute atomic E-state index is 0.208. The Kier molecular flexibility index (Phi) is 4.66. The second kappa shape index (κ2) is 6.91. The Morgan fingerprint density at radius 1 is 1.15 bits per heavy atom. The summed E-state index contributed by atoms with van der Waals surface area (Å²) in [4.78, 5) is 41.5. The first-order valence-electron chi connectivity index (χ1n) is 8.11. The van der Waals surface area contributed by atoms with Crippen molar-refractivity contribution in [1.82, 2.24) is 9.97 Å². The number of hydrogen-bond donors (Lipinski definition) is 3. The van der Waals surface area contributed by atoms with Gasteiger partial charge in [0.05, 0.1) is 30.8 Å². The summed E-state index contributed by atoms with van der Waals surface area (Å²) in [5, 5.41) is 2.93. The molecule has 1 aliphatic rings. The number of allylic oxidation sites excluding steroid dienone is 1. The Hall–Kier alpha value is -3.29. The molecule has 1 atom stereocenters. The second-order valence-corrected chi connectivity index (χ2v) is 5.79. The van der Waals surface area contributed by atoms with Crippen molar-refractivity contribution in [3.05, 3.63) is 67.5 Å². The standard InChI is InChI=1S/C18H19N3O5/c1-4-26-17(23)12-9(2)19-15-14(16(22)21-18(24)20-15)13(12)10-5-7-11(25-3)8-6-10/h5-8,13H,4H2,1-3H3,(H3,19,20,21,22,24). The molecule has 136 valence electrons. The van der Waals surface area contributed by atoms with Crippen molar-refractivity contribution in [2.75, 3.05) is 19.0 Å². The summed E-state index contributed by atoms with van der Waals surface area (Å²) < 4.78 is 10.3. The maximum absolute atomic E-state index is 12.6. The summed E-state index contributed by atoms with van der Waals surface area (Å²) in [5.74, 6) is -0.284. The van der Waals surface area contributed by atoms with Gasteiger partial charge in [0.15, 0.2) is 0 Å². The van der Waals surface area contributed by atoms with Crippen LogP contribution in [0.3, 0.4) is 0 Å². The zero-order chi connectivity index (χ0) is 18.8. The van der Waals surface area contributed by atoms with Gasteiger partial charge in [-0.2, -0.15) is 0 Å². The van der Waals surface area contributed by atoms with E-state index in [9.17, 15) is 14.4 Å². The van der Waals surface area contributed by atoms with Gasteiger partial charge in [-0.1, -0.05) is 12.1 Å². The van der Waals surface area contributed by atoms with Gasteiger partial charge in [0.1, 0.15) is 11.6 Å². The first-order chi connectivity index (χ1) is 12.5. The lowest BCUT2D eigenvalue weighted by Crippen LogP contribution is -2.34. The number of anilines is 1. The number of aromatic amines is 2. The fourth-order valence-electron chi connectivity index (χ4n) is 3.10. The van der Waals surface area contributed by atoms with E-state index in [1.807, 2.05) is 0 Å². The van der Waals surface area contributed by atoms with Gasteiger partial charge in [-0.3, -0.25) is 14.8 Å². The van der Waals surface area contributed by atoms with Crippen LogP contribution >= 0.6 is 0 Å². The topological polar surface area (TPSA) is 113 Å². The molecule has 1 aromatic carbocycles. The molecule has 0 bridgehead atoms. The van der Waals surface area contributed by atoms with Gasteiger partial charge >= 0.3 is 11.7 Å². The summed E-state index contributed by atoms with van der Waals surface area (Å²) in [7, 11) is 1.55.